The van der Waals surface area contributed by atoms with Crippen molar-refractivity contribution in [1.82, 2.24) is 9.78 Å². The van der Waals surface area contributed by atoms with Crippen LogP contribution in [0.1, 0.15) is 31.4 Å². The van der Waals surface area contributed by atoms with Crippen LogP contribution in [0.2, 0.25) is 0 Å². The summed E-state index contributed by atoms with van der Waals surface area (Å²) >= 11 is 0. The lowest BCUT2D eigenvalue weighted by Crippen LogP contribution is -2.32. The molecular weight excluding hydrogens is 238 g/mol. The Morgan fingerprint density at radius 2 is 2.00 bits per heavy atom. The van der Waals surface area contributed by atoms with Gasteiger partial charge in [0.15, 0.2) is 0 Å². The van der Waals surface area contributed by atoms with E-state index >= 15 is 0 Å². The number of H-pyrrole nitrogens is 1. The smallest absolute Gasteiger partial charge is 0.274 e. The molecule has 19 heavy (non-hydrogen) atoms. The van der Waals surface area contributed by atoms with Gasteiger partial charge in [-0.05, 0) is 36.5 Å². The lowest BCUT2D eigenvalue weighted by Gasteiger charge is -2.32. The number of aromatic amines is 1. The van der Waals surface area contributed by atoms with Crippen molar-refractivity contribution >= 4 is 0 Å². The summed E-state index contributed by atoms with van der Waals surface area (Å²) in [4.78, 5) is 12.3. The first-order valence-corrected chi connectivity index (χ1v) is 6.49. The minimum Gasteiger partial charge on any atom is -0.302 e. The van der Waals surface area contributed by atoms with Crippen molar-refractivity contribution < 1.29 is 0 Å². The maximum absolute atomic E-state index is 12.3. The number of nitrogens with zero attached hydrogens (tertiary/aromatic N) is 2. The van der Waals surface area contributed by atoms with Gasteiger partial charge in [-0.25, -0.2) is 4.68 Å². The van der Waals surface area contributed by atoms with Gasteiger partial charge in [-0.15, -0.1) is 0 Å². The predicted octanol–water partition coefficient (Wildman–Crippen LogP) is 2.69. The van der Waals surface area contributed by atoms with Crippen LogP contribution >= 0.6 is 0 Å². The monoisotopic (exact) mass is 253 g/mol. The molecule has 0 spiro atoms. The van der Waals surface area contributed by atoms with E-state index in [2.05, 4.69) is 18.1 Å². The summed E-state index contributed by atoms with van der Waals surface area (Å²) in [6.07, 6.45) is 3.88. The van der Waals surface area contributed by atoms with E-state index in [0.717, 1.165) is 18.4 Å². The second-order valence-electron chi connectivity index (χ2n) is 5.28. The molecule has 0 unspecified atom stereocenters. The van der Waals surface area contributed by atoms with E-state index in [1.54, 1.807) is 23.0 Å². The van der Waals surface area contributed by atoms with Gasteiger partial charge in [-0.2, -0.15) is 5.26 Å². The third-order valence-electron chi connectivity index (χ3n) is 3.84. The Hall–Kier alpha value is -2.28. The average molecular weight is 253 g/mol. The van der Waals surface area contributed by atoms with Crippen molar-refractivity contribution in [2.75, 3.05) is 0 Å². The fourth-order valence-corrected chi connectivity index (χ4v) is 2.66. The Labute approximate surface area is 111 Å². The highest BCUT2D eigenvalue weighted by atomic mass is 16.1. The summed E-state index contributed by atoms with van der Waals surface area (Å²) in [5.41, 5.74) is 2.16. The van der Waals surface area contributed by atoms with Gasteiger partial charge in [-0.3, -0.25) is 4.79 Å². The molecule has 0 saturated heterocycles. The second-order valence-corrected chi connectivity index (χ2v) is 5.28. The van der Waals surface area contributed by atoms with E-state index in [4.69, 9.17) is 5.26 Å². The van der Waals surface area contributed by atoms with E-state index in [1.165, 1.54) is 0 Å². The molecule has 1 fully saturated rings. The molecule has 0 amide bonds. The average Bonchev–Trinajstić information content (AvgIpc) is 2.77. The van der Waals surface area contributed by atoms with Gasteiger partial charge < -0.3 is 5.10 Å². The SMILES string of the molecule is CC1CC(n2[nH]cc(-c3ccc(C#N)cc3)c2=O)C1. The van der Waals surface area contributed by atoms with Gasteiger partial charge in [0.1, 0.15) is 0 Å². The number of nitriles is 1. The van der Waals surface area contributed by atoms with Gasteiger partial charge in [0.2, 0.25) is 0 Å². The molecule has 0 aliphatic heterocycles. The third kappa shape index (κ3) is 1.97. The maximum Gasteiger partial charge on any atom is 0.274 e. The van der Waals surface area contributed by atoms with Crippen molar-refractivity contribution in [3.8, 4) is 17.2 Å². The molecule has 1 heterocycles. The quantitative estimate of drug-likeness (QED) is 0.894. The van der Waals surface area contributed by atoms with Crippen LogP contribution in [-0.4, -0.2) is 9.78 Å². The topological polar surface area (TPSA) is 61.6 Å². The van der Waals surface area contributed by atoms with Crippen LogP contribution in [0.4, 0.5) is 0 Å². The summed E-state index contributed by atoms with van der Waals surface area (Å²) in [5, 5.41) is 11.8. The number of hydrogen-bond acceptors (Lipinski definition) is 2. The molecule has 2 aromatic rings. The van der Waals surface area contributed by atoms with E-state index in [-0.39, 0.29) is 5.56 Å². The Morgan fingerprint density at radius 3 is 2.58 bits per heavy atom. The fourth-order valence-electron chi connectivity index (χ4n) is 2.66. The lowest BCUT2D eigenvalue weighted by atomic mass is 9.82. The van der Waals surface area contributed by atoms with Crippen LogP contribution in [0.3, 0.4) is 0 Å². The summed E-state index contributed by atoms with van der Waals surface area (Å²) in [5.74, 6) is 0.707. The van der Waals surface area contributed by atoms with Gasteiger partial charge >= 0.3 is 0 Å². The van der Waals surface area contributed by atoms with Crippen molar-refractivity contribution in [2.24, 2.45) is 5.92 Å². The normalized spacial score (nSPS) is 21.7. The summed E-state index contributed by atoms with van der Waals surface area (Å²) in [6, 6.07) is 9.49. The predicted molar refractivity (Wildman–Crippen MR) is 72.6 cm³/mol. The zero-order valence-electron chi connectivity index (χ0n) is 10.8. The minimum atomic E-state index is 0.0293. The molecule has 1 aromatic carbocycles. The van der Waals surface area contributed by atoms with E-state index in [1.807, 2.05) is 12.1 Å². The number of nitrogens with one attached hydrogen (secondary N) is 1. The maximum atomic E-state index is 12.3. The summed E-state index contributed by atoms with van der Waals surface area (Å²) in [6.45, 7) is 2.20. The Kier molecular flexibility index (Phi) is 2.75. The van der Waals surface area contributed by atoms with Crippen LogP contribution in [0.5, 0.6) is 0 Å². The molecule has 1 aromatic heterocycles. The molecule has 0 atom stereocenters. The zero-order chi connectivity index (χ0) is 13.4. The summed E-state index contributed by atoms with van der Waals surface area (Å²) < 4.78 is 1.73. The molecule has 1 aliphatic carbocycles. The van der Waals surface area contributed by atoms with Crippen molar-refractivity contribution in [3.63, 3.8) is 0 Å². The van der Waals surface area contributed by atoms with Gasteiger partial charge in [0.25, 0.3) is 5.56 Å². The highest BCUT2D eigenvalue weighted by molar-refractivity contribution is 5.62. The molecule has 4 heteroatoms. The second kappa shape index (κ2) is 4.43. The van der Waals surface area contributed by atoms with Crippen molar-refractivity contribution in [3.05, 3.63) is 46.4 Å². The van der Waals surface area contributed by atoms with Gasteiger partial charge in [0, 0.05) is 6.20 Å². The first-order valence-electron chi connectivity index (χ1n) is 6.49. The molecular formula is C15H15N3O. The van der Waals surface area contributed by atoms with Crippen molar-refractivity contribution in [2.45, 2.75) is 25.8 Å². The Bertz CT molecular complexity index is 681. The molecule has 1 N–H and O–H groups in total. The zero-order valence-corrected chi connectivity index (χ0v) is 10.8. The molecule has 4 nitrogen and oxygen atoms in total. The molecule has 3 rings (SSSR count). The Balaban J connectivity index is 1.93. The van der Waals surface area contributed by atoms with Crippen LogP contribution in [0.15, 0.2) is 35.3 Å². The minimum absolute atomic E-state index is 0.0293. The number of aromatic nitrogens is 2. The van der Waals surface area contributed by atoms with Crippen LogP contribution in [0.25, 0.3) is 11.1 Å². The first-order chi connectivity index (χ1) is 9.19. The number of hydrogen-bond donors (Lipinski definition) is 1. The van der Waals surface area contributed by atoms with Gasteiger partial charge in [-0.1, -0.05) is 19.1 Å². The molecule has 0 radical (unpaired) electrons. The Morgan fingerprint density at radius 1 is 1.32 bits per heavy atom. The number of benzene rings is 1. The molecule has 96 valence electrons. The standard InChI is InChI=1S/C15H15N3O/c1-10-6-13(7-10)18-15(19)14(9-17-18)12-4-2-11(8-16)3-5-12/h2-5,9-10,13,17H,6-7H2,1H3. The third-order valence-corrected chi connectivity index (χ3v) is 3.84. The van der Waals surface area contributed by atoms with E-state index in [0.29, 0.717) is 23.1 Å². The number of rotatable bonds is 2. The van der Waals surface area contributed by atoms with Crippen LogP contribution in [-0.2, 0) is 0 Å². The van der Waals surface area contributed by atoms with Crippen LogP contribution < -0.4 is 5.56 Å². The van der Waals surface area contributed by atoms with Crippen LogP contribution in [0, 0.1) is 17.2 Å². The van der Waals surface area contributed by atoms with E-state index < -0.39 is 0 Å². The lowest BCUT2D eigenvalue weighted by molar-refractivity contribution is 0.196. The summed E-state index contributed by atoms with van der Waals surface area (Å²) in [7, 11) is 0. The van der Waals surface area contributed by atoms with Crippen molar-refractivity contribution in [1.29, 1.82) is 5.26 Å². The largest absolute Gasteiger partial charge is 0.302 e. The first kappa shape index (κ1) is 11.8. The highest BCUT2D eigenvalue weighted by Gasteiger charge is 2.28. The fraction of sp³-hybridized carbons (Fsp3) is 0.333. The highest BCUT2D eigenvalue weighted by Crippen LogP contribution is 2.36. The van der Waals surface area contributed by atoms with Gasteiger partial charge in [0.05, 0.1) is 23.2 Å². The van der Waals surface area contributed by atoms with E-state index in [9.17, 15) is 4.79 Å². The molecule has 1 saturated carbocycles. The molecule has 0 bridgehead atoms. The molecule has 1 aliphatic rings.